The van der Waals surface area contributed by atoms with Crippen LogP contribution < -0.4 is 25.6 Å². The third-order valence-corrected chi connectivity index (χ3v) is 6.53. The van der Waals surface area contributed by atoms with E-state index in [1.165, 1.54) is 31.2 Å². The lowest BCUT2D eigenvalue weighted by Gasteiger charge is -2.22. The van der Waals surface area contributed by atoms with Gasteiger partial charge in [-0.2, -0.15) is 0 Å². The Morgan fingerprint density at radius 2 is 1.56 bits per heavy atom. The number of hydrogen-bond donors (Lipinski definition) is 5. The molecule has 6 N–H and O–H groups in total. The molecule has 1 unspecified atom stereocenters. The largest absolute Gasteiger partial charge is 0.524 e. The van der Waals surface area contributed by atoms with E-state index in [4.69, 9.17) is 20.3 Å². The standard InChI is InChI=1S/C29H34N3O8P/c1-17-11-18(2)13-22(12-17)16-39-27-10-7-23(15-25(27)28(30)34)19(3)31-29(35)26(32-20(4)33)14-21-5-8-24(9-6-21)40-41(36,37)38/h5-13,15,19,26H,14,16H2,1-4H3,(H2,30,34)(H,31,35)(H,32,33)(H2,36,37,38)/t19?,26-/m0/s1. The van der Waals surface area contributed by atoms with E-state index in [2.05, 4.69) is 21.2 Å². The number of nitrogens with two attached hydrogens (primary N) is 1. The summed E-state index contributed by atoms with van der Waals surface area (Å²) in [5.74, 6) is -1.29. The highest BCUT2D eigenvalue weighted by atomic mass is 31.2. The fourth-order valence-corrected chi connectivity index (χ4v) is 4.76. The zero-order valence-electron chi connectivity index (χ0n) is 23.2. The maximum absolute atomic E-state index is 13.2. The molecule has 0 heterocycles. The Morgan fingerprint density at radius 1 is 0.927 bits per heavy atom. The van der Waals surface area contributed by atoms with Crippen molar-refractivity contribution in [2.24, 2.45) is 5.73 Å². The van der Waals surface area contributed by atoms with E-state index in [9.17, 15) is 18.9 Å². The SMILES string of the molecule is CC(=O)N[C@@H](Cc1ccc(OP(=O)(O)O)cc1)C(=O)NC(C)c1ccc(OCc2cc(C)cc(C)c2)c(C(N)=O)c1. The van der Waals surface area contributed by atoms with Crippen LogP contribution in [0.3, 0.4) is 0 Å². The van der Waals surface area contributed by atoms with Crippen LogP contribution in [0.25, 0.3) is 0 Å². The first-order valence-electron chi connectivity index (χ1n) is 12.8. The smallest absolute Gasteiger partial charge is 0.488 e. The minimum atomic E-state index is -4.70. The van der Waals surface area contributed by atoms with Gasteiger partial charge in [-0.3, -0.25) is 24.2 Å². The van der Waals surface area contributed by atoms with Crippen LogP contribution in [0.4, 0.5) is 0 Å². The predicted octanol–water partition coefficient (Wildman–Crippen LogP) is 3.38. The second-order valence-electron chi connectivity index (χ2n) is 9.82. The second kappa shape index (κ2) is 13.5. The van der Waals surface area contributed by atoms with Gasteiger partial charge in [0.15, 0.2) is 0 Å². The lowest BCUT2D eigenvalue weighted by molar-refractivity contribution is -0.128. The van der Waals surface area contributed by atoms with Crippen LogP contribution in [0.15, 0.2) is 60.7 Å². The number of rotatable bonds is 12. The van der Waals surface area contributed by atoms with Crippen molar-refractivity contribution >= 4 is 25.5 Å². The molecular weight excluding hydrogens is 549 g/mol. The van der Waals surface area contributed by atoms with Crippen LogP contribution in [-0.4, -0.2) is 33.6 Å². The van der Waals surface area contributed by atoms with Crippen molar-refractivity contribution in [3.63, 3.8) is 0 Å². The average molecular weight is 584 g/mol. The zero-order valence-corrected chi connectivity index (χ0v) is 24.1. The number of nitrogens with one attached hydrogen (secondary N) is 2. The molecule has 0 bridgehead atoms. The van der Waals surface area contributed by atoms with E-state index in [0.29, 0.717) is 16.9 Å². The summed E-state index contributed by atoms with van der Waals surface area (Å²) in [7, 11) is -4.70. The van der Waals surface area contributed by atoms with Crippen LogP contribution in [0.2, 0.25) is 0 Å². The van der Waals surface area contributed by atoms with Gasteiger partial charge in [-0.25, -0.2) is 4.57 Å². The van der Waals surface area contributed by atoms with Gasteiger partial charge >= 0.3 is 7.82 Å². The third-order valence-electron chi connectivity index (χ3n) is 6.09. The normalized spacial score (nSPS) is 12.6. The van der Waals surface area contributed by atoms with Gasteiger partial charge in [0.05, 0.1) is 11.6 Å². The van der Waals surface area contributed by atoms with Crippen LogP contribution in [0, 0.1) is 13.8 Å². The number of ether oxygens (including phenoxy) is 1. The molecule has 41 heavy (non-hydrogen) atoms. The number of amides is 3. The lowest BCUT2D eigenvalue weighted by atomic mass is 10.0. The van der Waals surface area contributed by atoms with Crippen LogP contribution in [-0.2, 0) is 27.2 Å². The third kappa shape index (κ3) is 9.75. The van der Waals surface area contributed by atoms with Gasteiger partial charge in [-0.1, -0.05) is 47.5 Å². The Labute approximate surface area is 238 Å². The number of benzene rings is 3. The molecule has 3 aromatic rings. The van der Waals surface area contributed by atoms with Crippen LogP contribution in [0.5, 0.6) is 11.5 Å². The molecule has 3 aromatic carbocycles. The molecule has 0 aromatic heterocycles. The molecule has 11 nitrogen and oxygen atoms in total. The van der Waals surface area contributed by atoms with Crippen molar-refractivity contribution in [2.75, 3.05) is 0 Å². The van der Waals surface area contributed by atoms with Gasteiger partial charge in [-0.05, 0) is 61.7 Å². The Morgan fingerprint density at radius 3 is 2.12 bits per heavy atom. The first kappa shape index (κ1) is 31.3. The van der Waals surface area contributed by atoms with E-state index >= 15 is 0 Å². The van der Waals surface area contributed by atoms with Gasteiger partial charge in [0, 0.05) is 13.3 Å². The number of aryl methyl sites for hydroxylation is 2. The summed E-state index contributed by atoms with van der Waals surface area (Å²) in [6, 6.07) is 15.3. The second-order valence-corrected chi connectivity index (χ2v) is 11.0. The fourth-order valence-electron chi connectivity index (χ4n) is 4.36. The summed E-state index contributed by atoms with van der Waals surface area (Å²) in [5.41, 5.74) is 10.2. The number of phosphoric ester groups is 1. The number of hydrogen-bond acceptors (Lipinski definition) is 6. The maximum atomic E-state index is 13.2. The molecule has 0 fully saturated rings. The molecule has 0 saturated heterocycles. The first-order chi connectivity index (χ1) is 19.2. The summed E-state index contributed by atoms with van der Waals surface area (Å²) in [6.07, 6.45) is 0.103. The van der Waals surface area contributed by atoms with Gasteiger partial charge in [-0.15, -0.1) is 0 Å². The Kier molecular flexibility index (Phi) is 10.3. The number of carbonyl (C=O) groups excluding carboxylic acids is 3. The van der Waals surface area contributed by atoms with Crippen LogP contribution >= 0.6 is 7.82 Å². The van der Waals surface area contributed by atoms with Crippen LogP contribution in [0.1, 0.15) is 58.1 Å². The van der Waals surface area contributed by atoms with E-state index in [0.717, 1.165) is 16.7 Å². The molecule has 3 rings (SSSR count). The van der Waals surface area contributed by atoms with Gasteiger partial charge in [0.1, 0.15) is 24.1 Å². The van der Waals surface area contributed by atoms with Crippen molar-refractivity contribution in [2.45, 2.75) is 52.8 Å². The molecule has 0 saturated carbocycles. The van der Waals surface area contributed by atoms with Gasteiger partial charge in [0.25, 0.3) is 5.91 Å². The van der Waals surface area contributed by atoms with Crippen molar-refractivity contribution in [3.05, 3.63) is 94.0 Å². The summed E-state index contributed by atoms with van der Waals surface area (Å²) in [4.78, 5) is 55.1. The quantitative estimate of drug-likeness (QED) is 0.202. The average Bonchev–Trinajstić information content (AvgIpc) is 2.86. The predicted molar refractivity (Wildman–Crippen MR) is 152 cm³/mol. The summed E-state index contributed by atoms with van der Waals surface area (Å²) in [5, 5.41) is 5.46. The first-order valence-corrected chi connectivity index (χ1v) is 14.3. The Hall–Kier alpha value is -4.18. The fraction of sp³-hybridized carbons (Fsp3) is 0.276. The Bertz CT molecular complexity index is 1450. The van der Waals surface area contributed by atoms with Gasteiger partial charge < -0.3 is 25.6 Å². The molecule has 0 aliphatic heterocycles. The molecule has 12 heteroatoms. The van der Waals surface area contributed by atoms with Crippen molar-refractivity contribution in [1.29, 1.82) is 0 Å². The molecule has 3 amide bonds. The molecule has 0 aliphatic rings. The molecule has 0 spiro atoms. The molecular formula is C29H34N3O8P. The van der Waals surface area contributed by atoms with Crippen molar-refractivity contribution < 1.29 is 38.0 Å². The van der Waals surface area contributed by atoms with E-state index in [-0.39, 0.29) is 24.3 Å². The summed E-state index contributed by atoms with van der Waals surface area (Å²) < 4.78 is 21.5. The zero-order chi connectivity index (χ0) is 30.3. The highest BCUT2D eigenvalue weighted by Crippen LogP contribution is 2.37. The summed E-state index contributed by atoms with van der Waals surface area (Å²) >= 11 is 0. The number of carbonyl (C=O) groups is 3. The highest BCUT2D eigenvalue weighted by molar-refractivity contribution is 7.46. The minimum absolute atomic E-state index is 0.0390. The maximum Gasteiger partial charge on any atom is 0.524 e. The number of phosphoric acid groups is 1. The van der Waals surface area contributed by atoms with Crippen molar-refractivity contribution in [3.8, 4) is 11.5 Å². The minimum Gasteiger partial charge on any atom is -0.488 e. The van der Waals surface area contributed by atoms with Crippen molar-refractivity contribution in [1.82, 2.24) is 10.6 Å². The molecule has 2 atom stereocenters. The van der Waals surface area contributed by atoms with E-state index in [1.54, 1.807) is 25.1 Å². The van der Waals surface area contributed by atoms with Gasteiger partial charge in [0.2, 0.25) is 11.8 Å². The topological polar surface area (TPSA) is 177 Å². The summed E-state index contributed by atoms with van der Waals surface area (Å²) in [6.45, 7) is 7.25. The lowest BCUT2D eigenvalue weighted by Crippen LogP contribution is -2.48. The molecule has 0 radical (unpaired) electrons. The van der Waals surface area contributed by atoms with E-state index < -0.39 is 37.6 Å². The monoisotopic (exact) mass is 583 g/mol. The van der Waals surface area contributed by atoms with E-state index in [1.807, 2.05) is 26.0 Å². The molecule has 0 aliphatic carbocycles. The Balaban J connectivity index is 1.72. The number of primary amides is 1. The highest BCUT2D eigenvalue weighted by Gasteiger charge is 2.23. The molecule has 218 valence electrons.